The number of methoxy groups -OCH3 is 1. The summed E-state index contributed by atoms with van der Waals surface area (Å²) in [7, 11) is 1.50. The number of carbonyl (C=O) groups is 2. The molecule has 8 nitrogen and oxygen atoms in total. The third-order valence-electron chi connectivity index (χ3n) is 7.92. The van der Waals surface area contributed by atoms with Crippen molar-refractivity contribution in [1.82, 2.24) is 14.9 Å². The first-order chi connectivity index (χ1) is 18.0. The van der Waals surface area contributed by atoms with E-state index >= 15 is 0 Å². The SMILES string of the molecule is CCC(C=O)c1cc2n(c(=O)c1COC)Cc1c-2nc2cc(F)c(C)c3c2c1C(NC(=O)C(C)(C)O)CC3. The normalized spacial score (nSPS) is 16.8. The molecule has 1 aliphatic heterocycles. The number of halogens is 1. The Kier molecular flexibility index (Phi) is 6.47. The Morgan fingerprint density at radius 1 is 1.37 bits per heavy atom. The number of nitrogens with one attached hydrogen (secondary N) is 1. The molecule has 0 bridgehead atoms. The summed E-state index contributed by atoms with van der Waals surface area (Å²) in [5, 5.41) is 14.1. The van der Waals surface area contributed by atoms with Crippen LogP contribution in [0, 0.1) is 12.7 Å². The van der Waals surface area contributed by atoms with Crippen LogP contribution in [-0.4, -0.2) is 39.6 Å². The first-order valence-corrected chi connectivity index (χ1v) is 12.9. The van der Waals surface area contributed by atoms with Crippen molar-refractivity contribution in [2.75, 3.05) is 7.11 Å². The van der Waals surface area contributed by atoms with Crippen LogP contribution in [-0.2, 0) is 33.9 Å². The maximum absolute atomic E-state index is 15.0. The number of aldehydes is 1. The van der Waals surface area contributed by atoms with E-state index in [1.54, 1.807) is 11.5 Å². The number of ether oxygens (including phenoxy) is 1. The minimum absolute atomic E-state index is 0.0657. The van der Waals surface area contributed by atoms with E-state index in [0.29, 0.717) is 52.9 Å². The van der Waals surface area contributed by atoms with Crippen LogP contribution in [0.25, 0.3) is 22.3 Å². The standard InChI is InChI=1S/C29H32FN3O5/c1-6-15(12-34)17-9-23-26-18(11-33(23)27(35)19(17)13-38-5)25-21(32-28(36)29(3,4)37)8-7-16-14(2)20(30)10-22(31-26)24(16)25/h9-10,12,15,21,37H,6-8,11,13H2,1-5H3,(H,32,36). The number of pyridine rings is 2. The van der Waals surface area contributed by atoms with Crippen LogP contribution in [0.1, 0.15) is 79.0 Å². The van der Waals surface area contributed by atoms with Gasteiger partial charge < -0.3 is 24.5 Å². The summed E-state index contributed by atoms with van der Waals surface area (Å²) >= 11 is 0. The van der Waals surface area contributed by atoms with E-state index in [4.69, 9.17) is 9.72 Å². The molecule has 2 N–H and O–H groups in total. The lowest BCUT2D eigenvalue weighted by Gasteiger charge is -2.31. The van der Waals surface area contributed by atoms with Gasteiger partial charge in [0.2, 0.25) is 0 Å². The van der Waals surface area contributed by atoms with Gasteiger partial charge >= 0.3 is 0 Å². The lowest BCUT2D eigenvalue weighted by molar-refractivity contribution is -0.137. The van der Waals surface area contributed by atoms with Gasteiger partial charge in [-0.15, -0.1) is 0 Å². The fourth-order valence-electron chi connectivity index (χ4n) is 5.85. The van der Waals surface area contributed by atoms with Gasteiger partial charge in [0, 0.05) is 35.6 Å². The number of aryl methyl sites for hydroxylation is 1. The summed E-state index contributed by atoms with van der Waals surface area (Å²) in [5.41, 5.74) is 3.69. The number of aromatic nitrogens is 2. The highest BCUT2D eigenvalue weighted by atomic mass is 19.1. The second kappa shape index (κ2) is 9.39. The van der Waals surface area contributed by atoms with Crippen LogP contribution in [0.4, 0.5) is 4.39 Å². The summed E-state index contributed by atoms with van der Waals surface area (Å²) in [5.74, 6) is -1.35. The predicted molar refractivity (Wildman–Crippen MR) is 141 cm³/mol. The summed E-state index contributed by atoms with van der Waals surface area (Å²) in [4.78, 5) is 43.3. The van der Waals surface area contributed by atoms with Crippen molar-refractivity contribution in [3.8, 4) is 11.4 Å². The van der Waals surface area contributed by atoms with Crippen LogP contribution in [0.2, 0.25) is 0 Å². The number of carbonyl (C=O) groups excluding carboxylic acids is 2. The average molecular weight is 522 g/mol. The van der Waals surface area contributed by atoms with E-state index < -0.39 is 23.5 Å². The van der Waals surface area contributed by atoms with Crippen LogP contribution in [0.5, 0.6) is 0 Å². The molecular formula is C29H32FN3O5. The fraction of sp³-hybridized carbons (Fsp3) is 0.448. The van der Waals surface area contributed by atoms with E-state index in [0.717, 1.165) is 28.4 Å². The topological polar surface area (TPSA) is 111 Å². The highest BCUT2D eigenvalue weighted by Crippen LogP contribution is 2.45. The molecule has 2 aliphatic rings. The Morgan fingerprint density at radius 2 is 2.11 bits per heavy atom. The second-order valence-electron chi connectivity index (χ2n) is 10.8. The number of hydrogen-bond donors (Lipinski definition) is 2. The van der Waals surface area contributed by atoms with Gasteiger partial charge in [0.05, 0.1) is 36.1 Å². The molecule has 0 spiro atoms. The minimum Gasteiger partial charge on any atom is -0.381 e. The van der Waals surface area contributed by atoms with Gasteiger partial charge in [0.1, 0.15) is 17.7 Å². The van der Waals surface area contributed by atoms with Crippen LogP contribution < -0.4 is 10.9 Å². The number of benzene rings is 1. The maximum atomic E-state index is 15.0. The van der Waals surface area contributed by atoms with Crippen molar-refractivity contribution in [2.45, 2.75) is 77.7 Å². The van der Waals surface area contributed by atoms with E-state index in [-0.39, 0.29) is 24.5 Å². The van der Waals surface area contributed by atoms with Gasteiger partial charge in [-0.05, 0) is 68.4 Å². The number of fused-ring (bicyclic) bond motifs is 4. The van der Waals surface area contributed by atoms with Gasteiger partial charge in [0.15, 0.2) is 0 Å². The van der Waals surface area contributed by atoms with Gasteiger partial charge in [-0.1, -0.05) is 6.92 Å². The Bertz CT molecular complexity index is 1550. The molecule has 38 heavy (non-hydrogen) atoms. The van der Waals surface area contributed by atoms with Crippen LogP contribution in [0.15, 0.2) is 16.9 Å². The third-order valence-corrected chi connectivity index (χ3v) is 7.92. The fourth-order valence-corrected chi connectivity index (χ4v) is 5.85. The first-order valence-electron chi connectivity index (χ1n) is 12.9. The quantitative estimate of drug-likeness (QED) is 0.360. The summed E-state index contributed by atoms with van der Waals surface area (Å²) < 4.78 is 21.9. The minimum atomic E-state index is -1.58. The van der Waals surface area contributed by atoms with Gasteiger partial charge in [0.25, 0.3) is 11.5 Å². The molecule has 9 heteroatoms. The zero-order chi connectivity index (χ0) is 27.5. The number of aliphatic hydroxyl groups is 1. The van der Waals surface area contributed by atoms with Crippen molar-refractivity contribution in [1.29, 1.82) is 0 Å². The molecule has 3 aromatic rings. The average Bonchev–Trinajstić information content (AvgIpc) is 3.24. The molecule has 1 amide bonds. The molecule has 0 fully saturated rings. The van der Waals surface area contributed by atoms with Crippen molar-refractivity contribution < 1.29 is 23.8 Å². The van der Waals surface area contributed by atoms with Crippen molar-refractivity contribution in [2.24, 2.45) is 0 Å². The third kappa shape index (κ3) is 3.96. The Hall–Kier alpha value is -3.43. The zero-order valence-corrected chi connectivity index (χ0v) is 22.3. The molecule has 3 heterocycles. The lowest BCUT2D eigenvalue weighted by atomic mass is 9.81. The Morgan fingerprint density at radius 3 is 2.74 bits per heavy atom. The molecule has 0 saturated carbocycles. The smallest absolute Gasteiger partial charge is 0.257 e. The molecule has 1 aliphatic carbocycles. The molecule has 2 unspecified atom stereocenters. The Labute approximate surface area is 219 Å². The second-order valence-corrected chi connectivity index (χ2v) is 10.8. The molecule has 0 radical (unpaired) electrons. The molecule has 0 saturated heterocycles. The van der Waals surface area contributed by atoms with E-state index in [1.165, 1.54) is 27.0 Å². The van der Waals surface area contributed by atoms with E-state index in [1.807, 2.05) is 13.0 Å². The zero-order valence-electron chi connectivity index (χ0n) is 22.3. The number of nitrogens with zero attached hydrogens (tertiary/aromatic N) is 2. The predicted octanol–water partition coefficient (Wildman–Crippen LogP) is 3.59. The van der Waals surface area contributed by atoms with E-state index in [9.17, 15) is 23.9 Å². The van der Waals surface area contributed by atoms with Crippen LogP contribution >= 0.6 is 0 Å². The van der Waals surface area contributed by atoms with E-state index in [2.05, 4.69) is 5.32 Å². The molecule has 2 atom stereocenters. The van der Waals surface area contributed by atoms with Crippen molar-refractivity contribution in [3.63, 3.8) is 0 Å². The monoisotopic (exact) mass is 521 g/mol. The van der Waals surface area contributed by atoms with Crippen LogP contribution in [0.3, 0.4) is 0 Å². The summed E-state index contributed by atoms with van der Waals surface area (Å²) in [6, 6.07) is 2.78. The number of amides is 1. The molecular weight excluding hydrogens is 489 g/mol. The van der Waals surface area contributed by atoms with Gasteiger partial charge in [-0.2, -0.15) is 0 Å². The first kappa shape index (κ1) is 26.2. The lowest BCUT2D eigenvalue weighted by Crippen LogP contribution is -2.44. The Balaban J connectivity index is 1.81. The highest BCUT2D eigenvalue weighted by Gasteiger charge is 2.37. The number of hydrogen-bond acceptors (Lipinski definition) is 6. The van der Waals surface area contributed by atoms with Gasteiger partial charge in [-0.3, -0.25) is 9.59 Å². The molecule has 200 valence electrons. The van der Waals surface area contributed by atoms with Crippen molar-refractivity contribution in [3.05, 3.63) is 61.7 Å². The molecule has 5 rings (SSSR count). The largest absolute Gasteiger partial charge is 0.381 e. The molecule has 2 aromatic heterocycles. The highest BCUT2D eigenvalue weighted by molar-refractivity contribution is 5.94. The number of rotatable bonds is 7. The summed E-state index contributed by atoms with van der Waals surface area (Å²) in [6.07, 6.45) is 2.41. The van der Waals surface area contributed by atoms with Gasteiger partial charge in [-0.25, -0.2) is 9.37 Å². The van der Waals surface area contributed by atoms with Crippen molar-refractivity contribution >= 4 is 23.1 Å². The summed E-state index contributed by atoms with van der Waals surface area (Å²) in [6.45, 7) is 6.77. The maximum Gasteiger partial charge on any atom is 0.257 e. The molecule has 1 aromatic carbocycles.